The third-order valence-corrected chi connectivity index (χ3v) is 6.46. The Morgan fingerprint density at radius 1 is 1.27 bits per heavy atom. The minimum Gasteiger partial charge on any atom is -0.486 e. The quantitative estimate of drug-likeness (QED) is 0.501. The van der Waals surface area contributed by atoms with Crippen LogP contribution in [0.15, 0.2) is 66.6 Å². The van der Waals surface area contributed by atoms with Crippen LogP contribution in [0.4, 0.5) is 0 Å². The van der Waals surface area contributed by atoms with Crippen molar-refractivity contribution in [3.63, 3.8) is 0 Å². The summed E-state index contributed by atoms with van der Waals surface area (Å²) in [5.74, 6) is 0.636. The SMILES string of the molecule is C=CCNC(=O)c1csc(COc2ccc3c(c2)C(c2ccccc2)N(C(=O)CC)CC3)n1. The third kappa shape index (κ3) is 5.14. The number of benzene rings is 2. The molecule has 1 aromatic heterocycles. The zero-order chi connectivity index (χ0) is 23.2. The molecule has 0 aliphatic carbocycles. The van der Waals surface area contributed by atoms with Crippen LogP contribution in [-0.4, -0.2) is 34.8 Å². The highest BCUT2D eigenvalue weighted by molar-refractivity contribution is 7.09. The maximum absolute atomic E-state index is 12.7. The van der Waals surface area contributed by atoms with Crippen molar-refractivity contribution < 1.29 is 14.3 Å². The average molecular weight is 462 g/mol. The van der Waals surface area contributed by atoms with Gasteiger partial charge in [-0.15, -0.1) is 17.9 Å². The highest BCUT2D eigenvalue weighted by atomic mass is 32.1. The van der Waals surface area contributed by atoms with Crippen LogP contribution >= 0.6 is 11.3 Å². The van der Waals surface area contributed by atoms with Crippen LogP contribution in [0.5, 0.6) is 5.75 Å². The summed E-state index contributed by atoms with van der Waals surface area (Å²) < 4.78 is 6.04. The molecule has 2 amide bonds. The predicted molar refractivity (Wildman–Crippen MR) is 129 cm³/mol. The Kier molecular flexibility index (Phi) is 7.19. The van der Waals surface area contributed by atoms with Gasteiger partial charge in [-0.25, -0.2) is 4.98 Å². The van der Waals surface area contributed by atoms with Gasteiger partial charge in [-0.2, -0.15) is 0 Å². The molecule has 6 nitrogen and oxygen atoms in total. The molecule has 2 aromatic carbocycles. The molecule has 3 aromatic rings. The molecule has 33 heavy (non-hydrogen) atoms. The lowest BCUT2D eigenvalue weighted by Crippen LogP contribution is -2.40. The first-order valence-corrected chi connectivity index (χ1v) is 11.9. The molecular weight excluding hydrogens is 434 g/mol. The molecule has 4 rings (SSSR count). The van der Waals surface area contributed by atoms with Crippen molar-refractivity contribution in [2.24, 2.45) is 0 Å². The zero-order valence-corrected chi connectivity index (χ0v) is 19.4. The monoisotopic (exact) mass is 461 g/mol. The number of thiazole rings is 1. The molecule has 0 bridgehead atoms. The molecule has 1 N–H and O–H groups in total. The van der Waals surface area contributed by atoms with E-state index in [4.69, 9.17) is 4.74 Å². The second-order valence-corrected chi connectivity index (χ2v) is 8.72. The van der Waals surface area contributed by atoms with Crippen LogP contribution in [0.2, 0.25) is 0 Å². The Morgan fingerprint density at radius 3 is 2.85 bits per heavy atom. The Bertz CT molecular complexity index is 1140. The molecule has 0 fully saturated rings. The Labute approximate surface area is 197 Å². The molecule has 2 heterocycles. The summed E-state index contributed by atoms with van der Waals surface area (Å²) in [5, 5.41) is 5.17. The molecule has 0 saturated heterocycles. The van der Waals surface area contributed by atoms with Crippen LogP contribution < -0.4 is 10.1 Å². The van der Waals surface area contributed by atoms with E-state index in [1.54, 1.807) is 11.5 Å². The van der Waals surface area contributed by atoms with E-state index in [1.807, 2.05) is 42.2 Å². The van der Waals surface area contributed by atoms with Crippen molar-refractivity contribution in [1.82, 2.24) is 15.2 Å². The fourth-order valence-electron chi connectivity index (χ4n) is 4.03. The van der Waals surface area contributed by atoms with Gasteiger partial charge in [0, 0.05) is 24.9 Å². The number of carbonyl (C=O) groups is 2. The Balaban J connectivity index is 1.55. The molecular formula is C26H27N3O3S. The molecule has 1 aliphatic heterocycles. The van der Waals surface area contributed by atoms with Gasteiger partial charge in [0.2, 0.25) is 5.91 Å². The highest BCUT2D eigenvalue weighted by Crippen LogP contribution is 2.37. The molecule has 7 heteroatoms. The zero-order valence-electron chi connectivity index (χ0n) is 18.6. The second-order valence-electron chi connectivity index (χ2n) is 7.78. The van der Waals surface area contributed by atoms with Gasteiger partial charge in [-0.05, 0) is 35.2 Å². The number of ether oxygens (including phenoxy) is 1. The largest absolute Gasteiger partial charge is 0.486 e. The van der Waals surface area contributed by atoms with Crippen LogP contribution in [0.25, 0.3) is 0 Å². The summed E-state index contributed by atoms with van der Waals surface area (Å²) in [6.07, 6.45) is 2.92. The van der Waals surface area contributed by atoms with E-state index in [9.17, 15) is 9.59 Å². The number of amides is 2. The maximum atomic E-state index is 12.7. The van der Waals surface area contributed by atoms with Gasteiger partial charge in [0.25, 0.3) is 5.91 Å². The van der Waals surface area contributed by atoms with Crippen molar-refractivity contribution in [3.05, 3.63) is 94.0 Å². The van der Waals surface area contributed by atoms with Crippen molar-refractivity contribution >= 4 is 23.2 Å². The lowest BCUT2D eigenvalue weighted by Gasteiger charge is -2.38. The molecule has 0 saturated carbocycles. The van der Waals surface area contributed by atoms with Gasteiger partial charge in [0.1, 0.15) is 23.1 Å². The van der Waals surface area contributed by atoms with E-state index in [1.165, 1.54) is 16.9 Å². The lowest BCUT2D eigenvalue weighted by atomic mass is 9.87. The molecule has 0 spiro atoms. The number of nitrogens with zero attached hydrogens (tertiary/aromatic N) is 2. The fourth-order valence-corrected chi connectivity index (χ4v) is 4.72. The lowest BCUT2D eigenvalue weighted by molar-refractivity contribution is -0.132. The van der Waals surface area contributed by atoms with Crippen LogP contribution in [0.1, 0.15) is 51.6 Å². The van der Waals surface area contributed by atoms with Crippen LogP contribution in [-0.2, 0) is 17.8 Å². The van der Waals surface area contributed by atoms with Crippen LogP contribution in [0.3, 0.4) is 0 Å². The maximum Gasteiger partial charge on any atom is 0.271 e. The average Bonchev–Trinajstić information content (AvgIpc) is 3.34. The summed E-state index contributed by atoms with van der Waals surface area (Å²) in [5.41, 5.74) is 3.79. The number of nitrogens with one attached hydrogen (secondary N) is 1. The number of fused-ring (bicyclic) bond motifs is 1. The summed E-state index contributed by atoms with van der Waals surface area (Å²) >= 11 is 1.39. The molecule has 0 radical (unpaired) electrons. The third-order valence-electron chi connectivity index (χ3n) is 5.64. The van der Waals surface area contributed by atoms with Crippen molar-refractivity contribution in [1.29, 1.82) is 0 Å². The Morgan fingerprint density at radius 2 is 2.09 bits per heavy atom. The van der Waals surface area contributed by atoms with E-state index in [0.717, 1.165) is 22.6 Å². The van der Waals surface area contributed by atoms with Crippen molar-refractivity contribution in [3.8, 4) is 5.75 Å². The Hall–Kier alpha value is -3.45. The smallest absolute Gasteiger partial charge is 0.271 e. The molecule has 1 unspecified atom stereocenters. The second kappa shape index (κ2) is 10.4. The topological polar surface area (TPSA) is 71.5 Å². The highest BCUT2D eigenvalue weighted by Gasteiger charge is 2.31. The number of hydrogen-bond acceptors (Lipinski definition) is 5. The number of aromatic nitrogens is 1. The number of hydrogen-bond donors (Lipinski definition) is 1. The normalized spacial score (nSPS) is 14.9. The summed E-state index contributed by atoms with van der Waals surface area (Å²) in [6.45, 7) is 6.87. The first-order chi connectivity index (χ1) is 16.1. The molecule has 1 aliphatic rings. The van der Waals surface area contributed by atoms with Gasteiger partial charge in [0.05, 0.1) is 6.04 Å². The van der Waals surface area contributed by atoms with Crippen molar-refractivity contribution in [2.75, 3.05) is 13.1 Å². The van der Waals surface area contributed by atoms with Gasteiger partial charge in [-0.1, -0.05) is 49.4 Å². The van der Waals surface area contributed by atoms with E-state index < -0.39 is 0 Å². The first kappa shape index (κ1) is 22.7. The van der Waals surface area contributed by atoms with E-state index in [-0.39, 0.29) is 24.5 Å². The number of carbonyl (C=O) groups excluding carboxylic acids is 2. The van der Waals surface area contributed by atoms with E-state index in [0.29, 0.717) is 31.0 Å². The van der Waals surface area contributed by atoms with E-state index >= 15 is 0 Å². The minimum absolute atomic E-state index is 0.133. The van der Waals surface area contributed by atoms with Gasteiger partial charge < -0.3 is 15.0 Å². The van der Waals surface area contributed by atoms with Crippen LogP contribution in [0, 0.1) is 0 Å². The van der Waals surface area contributed by atoms with Gasteiger partial charge >= 0.3 is 0 Å². The first-order valence-electron chi connectivity index (χ1n) is 11.0. The summed E-state index contributed by atoms with van der Waals surface area (Å²) in [7, 11) is 0. The molecule has 1 atom stereocenters. The van der Waals surface area contributed by atoms with Gasteiger partial charge in [-0.3, -0.25) is 9.59 Å². The predicted octanol–water partition coefficient (Wildman–Crippen LogP) is 4.52. The van der Waals surface area contributed by atoms with Gasteiger partial charge in [0.15, 0.2) is 0 Å². The standard InChI is InChI=1S/C26H27N3O3S/c1-3-13-27-26(31)22-17-33-23(28-22)16-32-20-11-10-18-12-14-29(24(30)4-2)25(21(18)15-20)19-8-6-5-7-9-19/h3,5-11,15,17,25H,1,4,12-14,16H2,2H3,(H,27,31). The molecule has 170 valence electrons. The van der Waals surface area contributed by atoms with E-state index in [2.05, 4.69) is 35.1 Å². The summed E-state index contributed by atoms with van der Waals surface area (Å²) in [4.78, 5) is 31.1. The summed E-state index contributed by atoms with van der Waals surface area (Å²) in [6, 6.07) is 16.1. The van der Waals surface area contributed by atoms with Crippen molar-refractivity contribution in [2.45, 2.75) is 32.4 Å². The fraction of sp³-hybridized carbons (Fsp3) is 0.269. The number of rotatable bonds is 8. The minimum atomic E-state index is -0.224.